The van der Waals surface area contributed by atoms with E-state index in [0.717, 1.165) is 5.69 Å². The van der Waals surface area contributed by atoms with Crippen molar-refractivity contribution in [1.29, 1.82) is 0 Å². The van der Waals surface area contributed by atoms with E-state index < -0.39 is 23.6 Å². The van der Waals surface area contributed by atoms with Crippen LogP contribution >= 0.6 is 0 Å². The maximum absolute atomic E-state index is 12.9. The van der Waals surface area contributed by atoms with E-state index in [1.54, 1.807) is 17.8 Å². The lowest BCUT2D eigenvalue weighted by molar-refractivity contribution is -0.138. The molecule has 2 N–H and O–H groups in total. The Morgan fingerprint density at radius 1 is 1.36 bits per heavy atom. The Morgan fingerprint density at radius 2 is 2.00 bits per heavy atom. The Kier molecular flexibility index (Phi) is 4.55. The summed E-state index contributed by atoms with van der Waals surface area (Å²) in [6.45, 7) is 1.71. The first-order chi connectivity index (χ1) is 10.4. The molecule has 22 heavy (non-hydrogen) atoms. The highest BCUT2D eigenvalue weighted by molar-refractivity contribution is 5.92. The molecule has 0 spiro atoms. The summed E-state index contributed by atoms with van der Waals surface area (Å²) < 4.78 is 14.5. The predicted octanol–water partition coefficient (Wildman–Crippen LogP) is 1.47. The minimum absolute atomic E-state index is 0.102. The number of carboxylic acids is 1. The van der Waals surface area contributed by atoms with Gasteiger partial charge in [0.2, 0.25) is 0 Å². The molecule has 0 aliphatic carbocycles. The molecule has 0 bridgehead atoms. The van der Waals surface area contributed by atoms with Gasteiger partial charge in [0.05, 0.1) is 5.92 Å². The normalized spacial score (nSPS) is 12.0. The van der Waals surface area contributed by atoms with Crippen molar-refractivity contribution in [1.82, 2.24) is 15.1 Å². The van der Waals surface area contributed by atoms with Crippen LogP contribution in [0.4, 0.5) is 4.39 Å². The van der Waals surface area contributed by atoms with Crippen LogP contribution in [0.3, 0.4) is 0 Å². The van der Waals surface area contributed by atoms with E-state index in [4.69, 9.17) is 0 Å². The summed E-state index contributed by atoms with van der Waals surface area (Å²) in [6.07, 6.45) is 0. The van der Waals surface area contributed by atoms with Crippen molar-refractivity contribution in [3.8, 4) is 0 Å². The van der Waals surface area contributed by atoms with E-state index in [9.17, 15) is 19.1 Å². The first-order valence-corrected chi connectivity index (χ1v) is 6.65. The molecule has 2 aromatic rings. The van der Waals surface area contributed by atoms with Gasteiger partial charge in [-0.15, -0.1) is 0 Å². The molecule has 1 atom stereocenters. The average Bonchev–Trinajstić information content (AvgIpc) is 2.80. The molecule has 1 aromatic heterocycles. The Balaban J connectivity index is 2.07. The number of carbonyl (C=O) groups excluding carboxylic acids is 1. The number of rotatable bonds is 5. The number of benzene rings is 1. The van der Waals surface area contributed by atoms with Crippen LogP contribution in [-0.2, 0) is 11.8 Å². The van der Waals surface area contributed by atoms with Crippen LogP contribution in [0.15, 0.2) is 30.3 Å². The number of nitrogens with one attached hydrogen (secondary N) is 1. The first-order valence-electron chi connectivity index (χ1n) is 6.65. The van der Waals surface area contributed by atoms with Crippen molar-refractivity contribution in [3.05, 3.63) is 53.1 Å². The number of carboxylic acid groups (broad SMARTS) is 1. The van der Waals surface area contributed by atoms with Gasteiger partial charge in [0.15, 0.2) is 0 Å². The average molecular weight is 305 g/mol. The van der Waals surface area contributed by atoms with Gasteiger partial charge in [0.1, 0.15) is 11.5 Å². The Morgan fingerprint density at radius 3 is 2.50 bits per heavy atom. The number of hydrogen-bond donors (Lipinski definition) is 2. The van der Waals surface area contributed by atoms with Gasteiger partial charge < -0.3 is 10.4 Å². The number of amides is 1. The lowest BCUT2D eigenvalue weighted by Crippen LogP contribution is -2.32. The topological polar surface area (TPSA) is 84.2 Å². The molecule has 2 rings (SSSR count). The second-order valence-electron chi connectivity index (χ2n) is 4.95. The molecule has 0 radical (unpaired) electrons. The molecule has 0 fully saturated rings. The van der Waals surface area contributed by atoms with Crippen molar-refractivity contribution >= 4 is 11.9 Å². The zero-order valence-electron chi connectivity index (χ0n) is 12.2. The zero-order chi connectivity index (χ0) is 16.3. The van der Waals surface area contributed by atoms with Gasteiger partial charge in [-0.3, -0.25) is 14.3 Å². The summed E-state index contributed by atoms with van der Waals surface area (Å²) in [5.74, 6) is -2.93. The van der Waals surface area contributed by atoms with Crippen LogP contribution in [-0.4, -0.2) is 33.3 Å². The molecule has 0 aliphatic rings. The maximum Gasteiger partial charge on any atom is 0.312 e. The summed E-state index contributed by atoms with van der Waals surface area (Å²) >= 11 is 0. The van der Waals surface area contributed by atoms with Crippen molar-refractivity contribution in [2.75, 3.05) is 6.54 Å². The molecular formula is C15H16FN3O3. The standard InChI is InChI=1S/C15H16FN3O3/c1-9-7-13(18-19(9)2)14(20)17-8-12(15(21)22)10-3-5-11(16)6-4-10/h3-7,12H,8H2,1-2H3,(H,17,20)(H,21,22). The molecule has 1 heterocycles. The first kappa shape index (κ1) is 15.7. The smallest absolute Gasteiger partial charge is 0.312 e. The van der Waals surface area contributed by atoms with E-state index in [1.807, 2.05) is 6.92 Å². The van der Waals surface area contributed by atoms with Crippen molar-refractivity contribution in [3.63, 3.8) is 0 Å². The van der Waals surface area contributed by atoms with Crippen LogP contribution in [0.2, 0.25) is 0 Å². The number of carbonyl (C=O) groups is 2. The Hall–Kier alpha value is -2.70. The highest BCUT2D eigenvalue weighted by atomic mass is 19.1. The highest BCUT2D eigenvalue weighted by Crippen LogP contribution is 2.16. The highest BCUT2D eigenvalue weighted by Gasteiger charge is 2.21. The molecule has 7 heteroatoms. The third kappa shape index (κ3) is 3.49. The van der Waals surface area contributed by atoms with Gasteiger partial charge in [0.25, 0.3) is 5.91 Å². The van der Waals surface area contributed by atoms with Crippen LogP contribution in [0.1, 0.15) is 27.7 Å². The third-order valence-corrected chi connectivity index (χ3v) is 3.38. The number of aromatic nitrogens is 2. The number of halogens is 1. The monoisotopic (exact) mass is 305 g/mol. The van der Waals surface area contributed by atoms with E-state index in [1.165, 1.54) is 24.3 Å². The lowest BCUT2D eigenvalue weighted by atomic mass is 9.99. The fourth-order valence-corrected chi connectivity index (χ4v) is 2.00. The predicted molar refractivity (Wildman–Crippen MR) is 77.1 cm³/mol. The molecule has 0 aliphatic heterocycles. The van der Waals surface area contributed by atoms with Gasteiger partial charge in [-0.2, -0.15) is 5.10 Å². The SMILES string of the molecule is Cc1cc(C(=O)NCC(C(=O)O)c2ccc(F)cc2)nn1C. The summed E-state index contributed by atoms with van der Waals surface area (Å²) in [6, 6.07) is 6.78. The van der Waals surface area contributed by atoms with Crippen LogP contribution < -0.4 is 5.32 Å². The lowest BCUT2D eigenvalue weighted by Gasteiger charge is -2.13. The van der Waals surface area contributed by atoms with E-state index in [-0.39, 0.29) is 12.2 Å². The van der Waals surface area contributed by atoms with Gasteiger partial charge in [-0.05, 0) is 30.7 Å². The fourth-order valence-electron chi connectivity index (χ4n) is 2.00. The number of aliphatic carboxylic acids is 1. The summed E-state index contributed by atoms with van der Waals surface area (Å²) in [7, 11) is 1.71. The maximum atomic E-state index is 12.9. The van der Waals surface area contributed by atoms with Crippen molar-refractivity contribution in [2.45, 2.75) is 12.8 Å². The molecule has 6 nitrogen and oxygen atoms in total. The molecule has 116 valence electrons. The molecule has 1 unspecified atom stereocenters. The van der Waals surface area contributed by atoms with Crippen LogP contribution in [0.5, 0.6) is 0 Å². The second-order valence-corrected chi connectivity index (χ2v) is 4.95. The van der Waals surface area contributed by atoms with Crippen molar-refractivity contribution < 1.29 is 19.1 Å². The van der Waals surface area contributed by atoms with Gasteiger partial charge in [-0.1, -0.05) is 12.1 Å². The summed E-state index contributed by atoms with van der Waals surface area (Å²) in [5, 5.41) is 15.8. The third-order valence-electron chi connectivity index (χ3n) is 3.38. The van der Waals surface area contributed by atoms with E-state index in [0.29, 0.717) is 5.56 Å². The number of nitrogens with zero attached hydrogens (tertiary/aromatic N) is 2. The molecular weight excluding hydrogens is 289 g/mol. The van der Waals surface area contributed by atoms with Crippen LogP contribution in [0.25, 0.3) is 0 Å². The summed E-state index contributed by atoms with van der Waals surface area (Å²) in [5.41, 5.74) is 1.47. The molecule has 1 aromatic carbocycles. The molecule has 0 saturated heterocycles. The van der Waals surface area contributed by atoms with E-state index >= 15 is 0 Å². The van der Waals surface area contributed by atoms with Gasteiger partial charge >= 0.3 is 5.97 Å². The second kappa shape index (κ2) is 6.38. The summed E-state index contributed by atoms with van der Waals surface area (Å²) in [4.78, 5) is 23.3. The molecule has 0 saturated carbocycles. The van der Waals surface area contributed by atoms with Crippen LogP contribution in [0, 0.1) is 12.7 Å². The van der Waals surface area contributed by atoms with Gasteiger partial charge in [-0.25, -0.2) is 4.39 Å². The molecule has 1 amide bonds. The number of hydrogen-bond acceptors (Lipinski definition) is 3. The minimum atomic E-state index is -1.09. The Labute approximate surface area is 126 Å². The van der Waals surface area contributed by atoms with Crippen molar-refractivity contribution in [2.24, 2.45) is 7.05 Å². The van der Waals surface area contributed by atoms with Gasteiger partial charge in [0, 0.05) is 19.3 Å². The fraction of sp³-hybridized carbons (Fsp3) is 0.267. The Bertz CT molecular complexity index is 675. The zero-order valence-corrected chi connectivity index (χ0v) is 12.2. The number of aryl methyl sites for hydroxylation is 2. The van der Waals surface area contributed by atoms with E-state index in [2.05, 4.69) is 10.4 Å². The quantitative estimate of drug-likeness (QED) is 0.876. The largest absolute Gasteiger partial charge is 0.481 e. The minimum Gasteiger partial charge on any atom is -0.481 e.